The lowest BCUT2D eigenvalue weighted by Gasteiger charge is -2.10. The Morgan fingerprint density at radius 1 is 0.750 bits per heavy atom. The topological polar surface area (TPSA) is 95.5 Å². The van der Waals surface area contributed by atoms with Gasteiger partial charge in [-0.1, -0.05) is 48.5 Å². The maximum atomic E-state index is 12.5. The van der Waals surface area contributed by atoms with Crippen molar-refractivity contribution in [3.05, 3.63) is 101 Å². The van der Waals surface area contributed by atoms with Crippen LogP contribution in [-0.4, -0.2) is 22.9 Å². The average molecular weight is 374 g/mol. The molecular formula is C22H18N2O4. The van der Waals surface area contributed by atoms with Gasteiger partial charge in [0.05, 0.1) is 11.1 Å². The van der Waals surface area contributed by atoms with Gasteiger partial charge in [-0.2, -0.15) is 0 Å². The molecule has 0 aliphatic carbocycles. The molecule has 6 nitrogen and oxygen atoms in total. The maximum Gasteiger partial charge on any atom is 0.336 e. The minimum absolute atomic E-state index is 0.0499. The van der Waals surface area contributed by atoms with Gasteiger partial charge in [0.1, 0.15) is 0 Å². The summed E-state index contributed by atoms with van der Waals surface area (Å²) in [6.45, 7) is 0.391. The second-order valence-corrected chi connectivity index (χ2v) is 6.05. The first-order valence-electron chi connectivity index (χ1n) is 8.60. The van der Waals surface area contributed by atoms with Crippen LogP contribution in [0.2, 0.25) is 0 Å². The second-order valence-electron chi connectivity index (χ2n) is 6.05. The van der Waals surface area contributed by atoms with E-state index in [4.69, 9.17) is 0 Å². The van der Waals surface area contributed by atoms with E-state index < -0.39 is 11.9 Å². The number of rotatable bonds is 6. The highest BCUT2D eigenvalue weighted by atomic mass is 16.4. The molecule has 0 aromatic heterocycles. The van der Waals surface area contributed by atoms with Crippen LogP contribution < -0.4 is 10.6 Å². The minimum atomic E-state index is -1.18. The summed E-state index contributed by atoms with van der Waals surface area (Å²) in [5.74, 6) is -2.01. The summed E-state index contributed by atoms with van der Waals surface area (Å²) in [5, 5.41) is 14.7. The highest BCUT2D eigenvalue weighted by Gasteiger charge is 2.16. The summed E-state index contributed by atoms with van der Waals surface area (Å²) < 4.78 is 0. The molecule has 140 valence electrons. The number of amides is 2. The van der Waals surface area contributed by atoms with Crippen LogP contribution in [0, 0.1) is 0 Å². The third-order valence-corrected chi connectivity index (χ3v) is 4.08. The molecule has 0 saturated heterocycles. The SMILES string of the molecule is O=C(NCc1ccccc1)c1cccc(NC(=O)c2ccccc2C(=O)O)c1. The van der Waals surface area contributed by atoms with E-state index in [1.807, 2.05) is 30.3 Å². The number of benzene rings is 3. The number of hydrogen-bond donors (Lipinski definition) is 3. The molecule has 3 aromatic carbocycles. The van der Waals surface area contributed by atoms with Gasteiger partial charge in [0.15, 0.2) is 0 Å². The molecular weight excluding hydrogens is 356 g/mol. The van der Waals surface area contributed by atoms with E-state index in [1.54, 1.807) is 36.4 Å². The first-order valence-corrected chi connectivity index (χ1v) is 8.60. The Kier molecular flexibility index (Phi) is 5.81. The number of carbonyl (C=O) groups excluding carboxylic acids is 2. The van der Waals surface area contributed by atoms with Gasteiger partial charge in [0.25, 0.3) is 11.8 Å². The quantitative estimate of drug-likeness (QED) is 0.615. The van der Waals surface area contributed by atoms with E-state index in [1.165, 1.54) is 12.1 Å². The predicted octanol–water partition coefficient (Wildman–Crippen LogP) is 3.57. The normalized spacial score (nSPS) is 10.1. The molecule has 0 atom stereocenters. The Morgan fingerprint density at radius 3 is 2.14 bits per heavy atom. The van der Waals surface area contributed by atoms with Gasteiger partial charge in [-0.15, -0.1) is 0 Å². The highest BCUT2D eigenvalue weighted by molar-refractivity contribution is 6.11. The van der Waals surface area contributed by atoms with Crippen LogP contribution in [-0.2, 0) is 6.54 Å². The van der Waals surface area contributed by atoms with E-state index in [-0.39, 0.29) is 17.0 Å². The number of carbonyl (C=O) groups is 3. The number of aromatic carboxylic acids is 1. The van der Waals surface area contributed by atoms with Gasteiger partial charge >= 0.3 is 5.97 Å². The second kappa shape index (κ2) is 8.64. The first kappa shape index (κ1) is 18.8. The van der Waals surface area contributed by atoms with Crippen LogP contribution in [0.3, 0.4) is 0 Å². The zero-order valence-electron chi connectivity index (χ0n) is 14.9. The lowest BCUT2D eigenvalue weighted by molar-refractivity contribution is 0.0692. The Bertz CT molecular complexity index is 1020. The lowest BCUT2D eigenvalue weighted by Crippen LogP contribution is -2.23. The molecule has 0 aliphatic heterocycles. The van der Waals surface area contributed by atoms with Crippen molar-refractivity contribution < 1.29 is 19.5 Å². The summed E-state index contributed by atoms with van der Waals surface area (Å²) in [6, 6.07) is 21.9. The zero-order chi connectivity index (χ0) is 19.9. The molecule has 0 bridgehead atoms. The summed E-state index contributed by atoms with van der Waals surface area (Å²) in [6.07, 6.45) is 0. The largest absolute Gasteiger partial charge is 0.478 e. The van der Waals surface area contributed by atoms with Gasteiger partial charge in [0, 0.05) is 17.8 Å². The Balaban J connectivity index is 1.70. The van der Waals surface area contributed by atoms with Gasteiger partial charge in [-0.3, -0.25) is 9.59 Å². The summed E-state index contributed by atoms with van der Waals surface area (Å²) >= 11 is 0. The molecule has 3 aromatic rings. The fourth-order valence-electron chi connectivity index (χ4n) is 2.68. The van der Waals surface area contributed by atoms with Gasteiger partial charge < -0.3 is 15.7 Å². The third-order valence-electron chi connectivity index (χ3n) is 4.08. The molecule has 6 heteroatoms. The van der Waals surface area contributed by atoms with Crippen molar-refractivity contribution in [1.82, 2.24) is 5.32 Å². The molecule has 0 fully saturated rings. The third kappa shape index (κ3) is 4.62. The van der Waals surface area contributed by atoms with Gasteiger partial charge in [-0.05, 0) is 35.9 Å². The van der Waals surface area contributed by atoms with Gasteiger partial charge in [-0.25, -0.2) is 4.79 Å². The van der Waals surface area contributed by atoms with E-state index >= 15 is 0 Å². The minimum Gasteiger partial charge on any atom is -0.478 e. The fraction of sp³-hybridized carbons (Fsp3) is 0.0455. The molecule has 0 unspecified atom stereocenters. The van der Waals surface area contributed by atoms with Crippen LogP contribution in [0.1, 0.15) is 36.6 Å². The van der Waals surface area contributed by atoms with E-state index in [9.17, 15) is 19.5 Å². The molecule has 0 aliphatic rings. The maximum absolute atomic E-state index is 12.5. The van der Waals surface area contributed by atoms with Crippen LogP contribution in [0.25, 0.3) is 0 Å². The number of hydrogen-bond acceptors (Lipinski definition) is 3. The number of anilines is 1. The van der Waals surface area contributed by atoms with Crippen molar-refractivity contribution in [2.24, 2.45) is 0 Å². The molecule has 2 amide bonds. The van der Waals surface area contributed by atoms with Crippen molar-refractivity contribution >= 4 is 23.5 Å². The van der Waals surface area contributed by atoms with Crippen LogP contribution >= 0.6 is 0 Å². The number of carboxylic acid groups (broad SMARTS) is 1. The van der Waals surface area contributed by atoms with E-state index in [2.05, 4.69) is 10.6 Å². The van der Waals surface area contributed by atoms with Crippen molar-refractivity contribution in [3.63, 3.8) is 0 Å². The van der Waals surface area contributed by atoms with Crippen molar-refractivity contribution in [3.8, 4) is 0 Å². The number of nitrogens with one attached hydrogen (secondary N) is 2. The number of carboxylic acids is 1. The van der Waals surface area contributed by atoms with Gasteiger partial charge in [0.2, 0.25) is 0 Å². The molecule has 0 radical (unpaired) electrons. The standard InChI is InChI=1S/C22H18N2O4/c25-20(23-14-15-7-2-1-3-8-15)16-9-6-10-17(13-16)24-21(26)18-11-4-5-12-19(18)22(27)28/h1-13H,14H2,(H,23,25)(H,24,26)(H,27,28). The molecule has 0 saturated carbocycles. The Labute approximate surface area is 161 Å². The average Bonchev–Trinajstić information content (AvgIpc) is 2.73. The predicted molar refractivity (Wildman–Crippen MR) is 105 cm³/mol. The molecule has 28 heavy (non-hydrogen) atoms. The van der Waals surface area contributed by atoms with Crippen molar-refractivity contribution in [2.75, 3.05) is 5.32 Å². The monoisotopic (exact) mass is 374 g/mol. The molecule has 0 spiro atoms. The van der Waals surface area contributed by atoms with Crippen LogP contribution in [0.4, 0.5) is 5.69 Å². The fourth-order valence-corrected chi connectivity index (χ4v) is 2.68. The molecule has 3 rings (SSSR count). The van der Waals surface area contributed by atoms with Crippen LogP contribution in [0.5, 0.6) is 0 Å². The van der Waals surface area contributed by atoms with Crippen molar-refractivity contribution in [1.29, 1.82) is 0 Å². The molecule has 0 heterocycles. The van der Waals surface area contributed by atoms with Crippen LogP contribution in [0.15, 0.2) is 78.9 Å². The zero-order valence-corrected chi connectivity index (χ0v) is 14.9. The molecule has 3 N–H and O–H groups in total. The summed E-state index contributed by atoms with van der Waals surface area (Å²) in [5.41, 5.74) is 1.73. The van der Waals surface area contributed by atoms with E-state index in [0.29, 0.717) is 17.8 Å². The Morgan fingerprint density at radius 2 is 1.43 bits per heavy atom. The first-order chi connectivity index (χ1) is 13.5. The van der Waals surface area contributed by atoms with E-state index in [0.717, 1.165) is 5.56 Å². The lowest BCUT2D eigenvalue weighted by atomic mass is 10.1. The van der Waals surface area contributed by atoms with Crippen molar-refractivity contribution in [2.45, 2.75) is 6.54 Å². The summed E-state index contributed by atoms with van der Waals surface area (Å²) in [4.78, 5) is 36.1. The highest BCUT2D eigenvalue weighted by Crippen LogP contribution is 2.15. The smallest absolute Gasteiger partial charge is 0.336 e. The summed E-state index contributed by atoms with van der Waals surface area (Å²) in [7, 11) is 0. The Hall–Kier alpha value is -3.93.